The zero-order valence-corrected chi connectivity index (χ0v) is 6.28. The van der Waals surface area contributed by atoms with Crippen LogP contribution in [0.5, 0.6) is 0 Å². The maximum absolute atomic E-state index is 10.3. The molecule has 1 aromatic rings. The molecule has 0 bridgehead atoms. The van der Waals surface area contributed by atoms with Crippen LogP contribution in [-0.2, 0) is 11.3 Å². The number of carbonyl (C=O) groups excluding carboxylic acids is 1. The van der Waals surface area contributed by atoms with Crippen LogP contribution in [0.25, 0.3) is 0 Å². The number of hydrogen-bond acceptors (Lipinski definition) is 3. The standard InChI is InChI=1S/C8H9NO2/c1-11-6-8-4-7(5-10)2-3-9-8/h2-5H,6H2,1H3. The fourth-order valence-corrected chi connectivity index (χ4v) is 0.797. The Balaban J connectivity index is 2.82. The molecule has 0 amide bonds. The maximum atomic E-state index is 10.3. The van der Waals surface area contributed by atoms with Crippen molar-refractivity contribution in [3.05, 3.63) is 29.6 Å². The fourth-order valence-electron chi connectivity index (χ4n) is 0.797. The predicted octanol–water partition coefficient (Wildman–Crippen LogP) is 1.04. The largest absolute Gasteiger partial charge is 0.378 e. The highest BCUT2D eigenvalue weighted by Crippen LogP contribution is 1.99. The Morgan fingerprint density at radius 1 is 1.73 bits per heavy atom. The lowest BCUT2D eigenvalue weighted by atomic mass is 10.2. The molecule has 3 heteroatoms. The predicted molar refractivity (Wildman–Crippen MR) is 40.3 cm³/mol. The van der Waals surface area contributed by atoms with Gasteiger partial charge in [0.15, 0.2) is 0 Å². The second-order valence-corrected chi connectivity index (χ2v) is 2.13. The van der Waals surface area contributed by atoms with E-state index < -0.39 is 0 Å². The first-order valence-corrected chi connectivity index (χ1v) is 3.26. The van der Waals surface area contributed by atoms with Gasteiger partial charge in [0.05, 0.1) is 12.3 Å². The molecule has 58 valence electrons. The minimum Gasteiger partial charge on any atom is -0.378 e. The zero-order chi connectivity index (χ0) is 8.10. The molecule has 0 radical (unpaired) electrons. The van der Waals surface area contributed by atoms with Gasteiger partial charge in [-0.15, -0.1) is 0 Å². The average molecular weight is 151 g/mol. The number of rotatable bonds is 3. The van der Waals surface area contributed by atoms with Gasteiger partial charge in [-0.3, -0.25) is 9.78 Å². The molecule has 1 rings (SSSR count). The summed E-state index contributed by atoms with van der Waals surface area (Å²) in [6.07, 6.45) is 2.39. The van der Waals surface area contributed by atoms with Gasteiger partial charge in [0.1, 0.15) is 6.29 Å². The minimum absolute atomic E-state index is 0.446. The van der Waals surface area contributed by atoms with E-state index in [1.165, 1.54) is 0 Å². The molecule has 0 fully saturated rings. The number of carbonyl (C=O) groups is 1. The van der Waals surface area contributed by atoms with Crippen molar-refractivity contribution in [2.75, 3.05) is 7.11 Å². The van der Waals surface area contributed by atoms with E-state index in [1.807, 2.05) is 0 Å². The fraction of sp³-hybridized carbons (Fsp3) is 0.250. The molecule has 0 N–H and O–H groups in total. The smallest absolute Gasteiger partial charge is 0.150 e. The van der Waals surface area contributed by atoms with E-state index in [0.29, 0.717) is 12.2 Å². The van der Waals surface area contributed by atoms with Crippen molar-refractivity contribution in [3.63, 3.8) is 0 Å². The second kappa shape index (κ2) is 3.83. The summed E-state index contributed by atoms with van der Waals surface area (Å²) in [5.41, 5.74) is 1.41. The first-order valence-electron chi connectivity index (χ1n) is 3.26. The Bertz CT molecular complexity index is 248. The topological polar surface area (TPSA) is 39.2 Å². The van der Waals surface area contributed by atoms with Gasteiger partial charge in [-0.1, -0.05) is 0 Å². The number of methoxy groups -OCH3 is 1. The highest BCUT2D eigenvalue weighted by atomic mass is 16.5. The van der Waals surface area contributed by atoms with Gasteiger partial charge in [-0.05, 0) is 12.1 Å². The Hall–Kier alpha value is -1.22. The van der Waals surface area contributed by atoms with Crippen LogP contribution < -0.4 is 0 Å². The van der Waals surface area contributed by atoms with Gasteiger partial charge in [0.2, 0.25) is 0 Å². The van der Waals surface area contributed by atoms with Crippen molar-refractivity contribution in [1.29, 1.82) is 0 Å². The van der Waals surface area contributed by atoms with Crippen molar-refractivity contribution in [2.45, 2.75) is 6.61 Å². The van der Waals surface area contributed by atoms with Crippen LogP contribution >= 0.6 is 0 Å². The molecule has 0 atom stereocenters. The summed E-state index contributed by atoms with van der Waals surface area (Å²) >= 11 is 0. The van der Waals surface area contributed by atoms with Crippen LogP contribution in [0.2, 0.25) is 0 Å². The third-order valence-electron chi connectivity index (χ3n) is 1.27. The zero-order valence-electron chi connectivity index (χ0n) is 6.28. The summed E-state index contributed by atoms with van der Waals surface area (Å²) in [6, 6.07) is 3.36. The van der Waals surface area contributed by atoms with Crippen LogP contribution in [-0.4, -0.2) is 18.4 Å². The summed E-state index contributed by atoms with van der Waals surface area (Å²) in [6.45, 7) is 0.446. The molecule has 0 aliphatic carbocycles. The summed E-state index contributed by atoms with van der Waals surface area (Å²) in [5, 5.41) is 0. The number of ether oxygens (including phenoxy) is 1. The summed E-state index contributed by atoms with van der Waals surface area (Å²) in [4.78, 5) is 14.3. The molecular weight excluding hydrogens is 142 g/mol. The lowest BCUT2D eigenvalue weighted by molar-refractivity contribution is 0.112. The number of aromatic nitrogens is 1. The van der Waals surface area contributed by atoms with Gasteiger partial charge < -0.3 is 4.74 Å². The van der Waals surface area contributed by atoms with Crippen LogP contribution in [0, 0.1) is 0 Å². The maximum Gasteiger partial charge on any atom is 0.150 e. The Kier molecular flexibility index (Phi) is 2.74. The second-order valence-electron chi connectivity index (χ2n) is 2.13. The lowest BCUT2D eigenvalue weighted by Gasteiger charge is -1.97. The Labute approximate surface area is 65.0 Å². The van der Waals surface area contributed by atoms with Crippen molar-refractivity contribution >= 4 is 6.29 Å². The van der Waals surface area contributed by atoms with Crippen molar-refractivity contribution in [2.24, 2.45) is 0 Å². The van der Waals surface area contributed by atoms with Crippen molar-refractivity contribution < 1.29 is 9.53 Å². The van der Waals surface area contributed by atoms with Crippen LogP contribution in [0.15, 0.2) is 18.3 Å². The number of hydrogen-bond donors (Lipinski definition) is 0. The molecule has 0 unspecified atom stereocenters. The van der Waals surface area contributed by atoms with E-state index in [4.69, 9.17) is 4.74 Å². The molecule has 0 aliphatic heterocycles. The Morgan fingerprint density at radius 2 is 2.55 bits per heavy atom. The number of pyridine rings is 1. The van der Waals surface area contributed by atoms with Crippen LogP contribution in [0.3, 0.4) is 0 Å². The highest BCUT2D eigenvalue weighted by Gasteiger charge is 1.94. The number of nitrogens with zero attached hydrogens (tertiary/aromatic N) is 1. The first kappa shape index (κ1) is 7.88. The van der Waals surface area contributed by atoms with Crippen LogP contribution in [0.1, 0.15) is 16.1 Å². The van der Waals surface area contributed by atoms with E-state index >= 15 is 0 Å². The molecule has 1 aromatic heterocycles. The SMILES string of the molecule is COCc1cc(C=O)ccn1. The average Bonchev–Trinajstić information content (AvgIpc) is 2.06. The van der Waals surface area contributed by atoms with Crippen molar-refractivity contribution in [3.8, 4) is 0 Å². The first-order chi connectivity index (χ1) is 5.36. The van der Waals surface area contributed by atoms with Gasteiger partial charge in [-0.2, -0.15) is 0 Å². The third kappa shape index (κ3) is 2.13. The molecule has 0 saturated heterocycles. The van der Waals surface area contributed by atoms with E-state index in [1.54, 1.807) is 25.4 Å². The molecule has 0 saturated carbocycles. The summed E-state index contributed by atoms with van der Waals surface area (Å²) in [7, 11) is 1.59. The lowest BCUT2D eigenvalue weighted by Crippen LogP contribution is -1.92. The molecular formula is C8H9NO2. The molecule has 0 aliphatic rings. The van der Waals surface area contributed by atoms with E-state index in [0.717, 1.165) is 12.0 Å². The van der Waals surface area contributed by atoms with Crippen molar-refractivity contribution in [1.82, 2.24) is 4.98 Å². The normalized spacial score (nSPS) is 9.55. The van der Waals surface area contributed by atoms with E-state index in [9.17, 15) is 4.79 Å². The third-order valence-corrected chi connectivity index (χ3v) is 1.27. The summed E-state index contributed by atoms with van der Waals surface area (Å²) < 4.78 is 4.85. The number of aldehydes is 1. The molecule has 3 nitrogen and oxygen atoms in total. The minimum atomic E-state index is 0.446. The monoisotopic (exact) mass is 151 g/mol. The van der Waals surface area contributed by atoms with Gasteiger partial charge in [0.25, 0.3) is 0 Å². The molecule has 0 aromatic carbocycles. The Morgan fingerprint density at radius 3 is 3.18 bits per heavy atom. The molecule has 11 heavy (non-hydrogen) atoms. The summed E-state index contributed by atoms with van der Waals surface area (Å²) in [5.74, 6) is 0. The van der Waals surface area contributed by atoms with E-state index in [-0.39, 0.29) is 0 Å². The van der Waals surface area contributed by atoms with Gasteiger partial charge in [-0.25, -0.2) is 0 Å². The van der Waals surface area contributed by atoms with Gasteiger partial charge in [0, 0.05) is 18.9 Å². The molecule has 1 heterocycles. The highest BCUT2D eigenvalue weighted by molar-refractivity contribution is 5.74. The van der Waals surface area contributed by atoms with Gasteiger partial charge >= 0.3 is 0 Å². The quantitative estimate of drug-likeness (QED) is 0.606. The molecule has 0 spiro atoms. The van der Waals surface area contributed by atoms with Crippen LogP contribution in [0.4, 0.5) is 0 Å². The van der Waals surface area contributed by atoms with E-state index in [2.05, 4.69) is 4.98 Å².